The number of carbonyl (C=O) groups excluding carboxylic acids is 1. The van der Waals surface area contributed by atoms with E-state index in [1.54, 1.807) is 19.0 Å². The van der Waals surface area contributed by atoms with Gasteiger partial charge in [0.1, 0.15) is 0 Å². The first-order chi connectivity index (χ1) is 8.54. The Morgan fingerprint density at radius 1 is 1.28 bits per heavy atom. The zero-order valence-corrected chi connectivity index (χ0v) is 12.9. The van der Waals surface area contributed by atoms with Gasteiger partial charge in [0.2, 0.25) is 5.91 Å². The van der Waals surface area contributed by atoms with Gasteiger partial charge in [0.05, 0.1) is 6.54 Å². The summed E-state index contributed by atoms with van der Waals surface area (Å²) in [7, 11) is 3.59. The van der Waals surface area contributed by atoms with Gasteiger partial charge in [-0.1, -0.05) is 41.1 Å². The van der Waals surface area contributed by atoms with Crippen molar-refractivity contribution in [2.75, 3.05) is 27.2 Å². The Labute approximate surface area is 118 Å². The van der Waals surface area contributed by atoms with Crippen molar-refractivity contribution in [2.45, 2.75) is 19.9 Å². The molecular weight excluding hydrogens is 292 g/mol. The topological polar surface area (TPSA) is 23.6 Å². The van der Waals surface area contributed by atoms with Gasteiger partial charge in [0, 0.05) is 25.1 Å². The molecule has 1 aromatic carbocycles. The summed E-state index contributed by atoms with van der Waals surface area (Å²) < 4.78 is 1.10. The Balaban J connectivity index is 2.68. The quantitative estimate of drug-likeness (QED) is 0.806. The summed E-state index contributed by atoms with van der Waals surface area (Å²) in [6, 6.07) is 8.15. The molecule has 1 aromatic rings. The van der Waals surface area contributed by atoms with E-state index in [1.807, 2.05) is 18.2 Å². The fourth-order valence-electron chi connectivity index (χ4n) is 1.73. The van der Waals surface area contributed by atoms with Crippen molar-refractivity contribution in [3.8, 4) is 0 Å². The molecule has 0 aliphatic heterocycles. The Bertz CT molecular complexity index is 393. The Hall–Kier alpha value is -0.870. The van der Waals surface area contributed by atoms with Crippen LogP contribution in [0.3, 0.4) is 0 Å². The highest BCUT2D eigenvalue weighted by molar-refractivity contribution is 9.10. The lowest BCUT2D eigenvalue weighted by Gasteiger charge is -2.23. The van der Waals surface area contributed by atoms with Gasteiger partial charge in [-0.15, -0.1) is 0 Å². The van der Waals surface area contributed by atoms with Crippen LogP contribution in [0.2, 0.25) is 0 Å². The van der Waals surface area contributed by atoms with Gasteiger partial charge in [0.25, 0.3) is 0 Å². The molecule has 0 radical (unpaired) electrons. The maximum absolute atomic E-state index is 11.8. The third kappa shape index (κ3) is 4.78. The van der Waals surface area contributed by atoms with Crippen molar-refractivity contribution in [1.82, 2.24) is 9.80 Å². The van der Waals surface area contributed by atoms with E-state index in [0.717, 1.165) is 24.0 Å². The molecule has 0 aliphatic carbocycles. The van der Waals surface area contributed by atoms with Crippen LogP contribution in [0.4, 0.5) is 0 Å². The molecule has 1 rings (SSSR count). The van der Waals surface area contributed by atoms with Gasteiger partial charge >= 0.3 is 0 Å². The average molecular weight is 313 g/mol. The zero-order chi connectivity index (χ0) is 13.5. The van der Waals surface area contributed by atoms with Gasteiger partial charge < -0.3 is 4.90 Å². The van der Waals surface area contributed by atoms with Crippen LogP contribution in [0.15, 0.2) is 28.7 Å². The van der Waals surface area contributed by atoms with Crippen LogP contribution in [0.1, 0.15) is 18.9 Å². The monoisotopic (exact) mass is 312 g/mol. The zero-order valence-electron chi connectivity index (χ0n) is 11.3. The minimum absolute atomic E-state index is 0.149. The van der Waals surface area contributed by atoms with E-state index in [-0.39, 0.29) is 5.91 Å². The summed E-state index contributed by atoms with van der Waals surface area (Å²) in [5.74, 6) is 0.149. The molecule has 0 saturated heterocycles. The smallest absolute Gasteiger partial charge is 0.236 e. The predicted molar refractivity (Wildman–Crippen MR) is 78.4 cm³/mol. The number of likely N-dealkylation sites (N-methyl/N-ethyl adjacent to an activating group) is 1. The fraction of sp³-hybridized carbons (Fsp3) is 0.500. The van der Waals surface area contributed by atoms with Crippen LogP contribution in [0.5, 0.6) is 0 Å². The number of benzene rings is 1. The minimum Gasteiger partial charge on any atom is -0.348 e. The van der Waals surface area contributed by atoms with Crippen LogP contribution in [-0.2, 0) is 11.3 Å². The number of hydrogen-bond donors (Lipinski definition) is 0. The standard InChI is InChI=1S/C14H21BrN2O/c1-4-9-17(11-14(18)16(2)3)10-12-7-5-6-8-13(12)15/h5-8H,4,9-11H2,1-3H3. The second-order valence-electron chi connectivity index (χ2n) is 4.59. The molecule has 0 bridgehead atoms. The van der Waals surface area contributed by atoms with Gasteiger partial charge in [-0.05, 0) is 24.6 Å². The van der Waals surface area contributed by atoms with E-state index in [9.17, 15) is 4.79 Å². The molecule has 18 heavy (non-hydrogen) atoms. The van der Waals surface area contributed by atoms with Crippen LogP contribution < -0.4 is 0 Å². The molecular formula is C14H21BrN2O. The summed E-state index contributed by atoms with van der Waals surface area (Å²) in [6.07, 6.45) is 1.05. The van der Waals surface area contributed by atoms with Gasteiger partial charge in [-0.2, -0.15) is 0 Å². The van der Waals surface area contributed by atoms with Gasteiger partial charge in [-0.25, -0.2) is 0 Å². The molecule has 1 amide bonds. The molecule has 0 atom stereocenters. The molecule has 0 N–H and O–H groups in total. The molecule has 0 spiro atoms. The van der Waals surface area contributed by atoms with Gasteiger partial charge in [0.15, 0.2) is 0 Å². The van der Waals surface area contributed by atoms with Crippen molar-refractivity contribution in [3.63, 3.8) is 0 Å². The number of amides is 1. The number of nitrogens with zero attached hydrogens (tertiary/aromatic N) is 2. The van der Waals surface area contributed by atoms with Crippen LogP contribution in [0, 0.1) is 0 Å². The van der Waals surface area contributed by atoms with Crippen molar-refractivity contribution in [1.29, 1.82) is 0 Å². The van der Waals surface area contributed by atoms with E-state index in [1.165, 1.54) is 5.56 Å². The molecule has 4 heteroatoms. The van der Waals surface area contributed by atoms with E-state index in [4.69, 9.17) is 0 Å². The van der Waals surface area contributed by atoms with Crippen LogP contribution >= 0.6 is 15.9 Å². The average Bonchev–Trinajstić information content (AvgIpc) is 2.32. The highest BCUT2D eigenvalue weighted by Crippen LogP contribution is 2.17. The SMILES string of the molecule is CCCN(CC(=O)N(C)C)Cc1ccccc1Br. The lowest BCUT2D eigenvalue weighted by molar-refractivity contribution is -0.130. The first-order valence-corrected chi connectivity index (χ1v) is 6.99. The fourth-order valence-corrected chi connectivity index (χ4v) is 2.14. The van der Waals surface area contributed by atoms with E-state index in [2.05, 4.69) is 33.8 Å². The van der Waals surface area contributed by atoms with Crippen molar-refractivity contribution < 1.29 is 4.79 Å². The summed E-state index contributed by atoms with van der Waals surface area (Å²) in [6.45, 7) is 4.34. The molecule has 0 aliphatic rings. The summed E-state index contributed by atoms with van der Waals surface area (Å²) in [5, 5.41) is 0. The lowest BCUT2D eigenvalue weighted by Crippen LogP contribution is -2.36. The normalized spacial score (nSPS) is 10.7. The molecule has 100 valence electrons. The van der Waals surface area contributed by atoms with Gasteiger partial charge in [-0.3, -0.25) is 9.69 Å². The largest absolute Gasteiger partial charge is 0.348 e. The third-order valence-electron chi connectivity index (χ3n) is 2.75. The second-order valence-corrected chi connectivity index (χ2v) is 5.44. The number of halogens is 1. The molecule has 0 saturated carbocycles. The van der Waals surface area contributed by atoms with Crippen molar-refractivity contribution in [3.05, 3.63) is 34.3 Å². The molecule has 0 unspecified atom stereocenters. The summed E-state index contributed by atoms with van der Waals surface area (Å²) >= 11 is 3.55. The number of rotatable bonds is 6. The number of carbonyl (C=O) groups is 1. The predicted octanol–water partition coefficient (Wildman–Crippen LogP) is 2.75. The van der Waals surface area contributed by atoms with Crippen LogP contribution in [0.25, 0.3) is 0 Å². The highest BCUT2D eigenvalue weighted by Gasteiger charge is 2.13. The first-order valence-electron chi connectivity index (χ1n) is 6.20. The lowest BCUT2D eigenvalue weighted by atomic mass is 10.2. The molecule has 0 heterocycles. The second kappa shape index (κ2) is 7.54. The Morgan fingerprint density at radius 3 is 2.50 bits per heavy atom. The van der Waals surface area contributed by atoms with Crippen molar-refractivity contribution >= 4 is 21.8 Å². The Kier molecular flexibility index (Phi) is 6.36. The maximum Gasteiger partial charge on any atom is 0.236 e. The highest BCUT2D eigenvalue weighted by atomic mass is 79.9. The molecule has 0 fully saturated rings. The van der Waals surface area contributed by atoms with Crippen LogP contribution in [-0.4, -0.2) is 42.9 Å². The van der Waals surface area contributed by atoms with E-state index < -0.39 is 0 Å². The first kappa shape index (κ1) is 15.2. The van der Waals surface area contributed by atoms with E-state index >= 15 is 0 Å². The summed E-state index contributed by atoms with van der Waals surface area (Å²) in [5.41, 5.74) is 1.22. The van der Waals surface area contributed by atoms with E-state index in [0.29, 0.717) is 6.54 Å². The molecule has 0 aromatic heterocycles. The molecule has 3 nitrogen and oxygen atoms in total. The summed E-state index contributed by atoms with van der Waals surface area (Å²) in [4.78, 5) is 15.6. The number of hydrogen-bond acceptors (Lipinski definition) is 2. The maximum atomic E-state index is 11.8. The minimum atomic E-state index is 0.149. The Morgan fingerprint density at radius 2 is 1.94 bits per heavy atom. The van der Waals surface area contributed by atoms with Crippen molar-refractivity contribution in [2.24, 2.45) is 0 Å². The third-order valence-corrected chi connectivity index (χ3v) is 3.52.